The number of benzene rings is 1. The number of aromatic nitrogens is 1. The Kier molecular flexibility index (Phi) is 0.851. The molecule has 4 nitrogen and oxygen atoms in total. The summed E-state index contributed by atoms with van der Waals surface area (Å²) in [5, 5.41) is 13.0. The van der Waals surface area contributed by atoms with Crippen LogP contribution < -0.4 is 10.7 Å². The van der Waals surface area contributed by atoms with Crippen molar-refractivity contribution in [3.8, 4) is 0 Å². The highest BCUT2D eigenvalue weighted by molar-refractivity contribution is 5.94. The lowest BCUT2D eigenvalue weighted by Gasteiger charge is -2.25. The molecule has 1 N–H and O–H groups in total. The van der Waals surface area contributed by atoms with Crippen molar-refractivity contribution in [2.24, 2.45) is 0 Å². The molecule has 0 unspecified atom stereocenters. The first-order chi connectivity index (χ1) is 5.86. The van der Waals surface area contributed by atoms with Crippen LogP contribution in [0.3, 0.4) is 0 Å². The Morgan fingerprint density at radius 3 is 3.08 bits per heavy atom. The third-order valence-corrected chi connectivity index (χ3v) is 2.10. The minimum atomic E-state index is 0.720. The Hall–Kier alpha value is -1.68. The van der Waals surface area contributed by atoms with E-state index in [1.807, 2.05) is 24.3 Å². The number of nitrogens with one attached hydrogen (secondary N) is 1. The van der Waals surface area contributed by atoms with Crippen molar-refractivity contribution >= 4 is 16.6 Å². The van der Waals surface area contributed by atoms with Crippen LogP contribution in [-0.4, -0.2) is 4.68 Å². The monoisotopic (exact) mass is 160 g/mol. The average molecular weight is 160 g/mol. The van der Waals surface area contributed by atoms with Gasteiger partial charge in [0.1, 0.15) is 0 Å². The summed E-state index contributed by atoms with van der Waals surface area (Å²) >= 11 is 0. The summed E-state index contributed by atoms with van der Waals surface area (Å²) in [5.74, 6) is 0. The molecule has 0 atom stereocenters. The molecule has 12 heavy (non-hydrogen) atoms. The van der Waals surface area contributed by atoms with Crippen LogP contribution in [0.5, 0.6) is 0 Å². The maximum atomic E-state index is 11.2. The predicted molar refractivity (Wildman–Crippen MR) is 47.1 cm³/mol. The molecule has 0 aliphatic carbocycles. The third kappa shape index (κ3) is 0.519. The zero-order valence-electron chi connectivity index (χ0n) is 6.19. The summed E-state index contributed by atoms with van der Waals surface area (Å²) < 4.78 is 1.55. The minimum absolute atomic E-state index is 0.720. The van der Waals surface area contributed by atoms with E-state index in [1.54, 1.807) is 10.9 Å². The fourth-order valence-corrected chi connectivity index (χ4v) is 1.58. The van der Waals surface area contributed by atoms with E-state index < -0.39 is 0 Å². The molecule has 3 rings (SSSR count). The Labute approximate surface area is 68.5 Å². The molecule has 1 aromatic heterocycles. The maximum absolute atomic E-state index is 11.2. The summed E-state index contributed by atoms with van der Waals surface area (Å²) in [7, 11) is 0. The van der Waals surface area contributed by atoms with Gasteiger partial charge in [-0.05, 0) is 12.1 Å². The van der Waals surface area contributed by atoms with Crippen molar-refractivity contribution < 1.29 is 0 Å². The Balaban J connectivity index is 2.51. The first kappa shape index (κ1) is 5.91. The van der Waals surface area contributed by atoms with E-state index in [0.29, 0.717) is 0 Å². The number of nitrogens with zero attached hydrogens (tertiary/aromatic N) is 2. The van der Waals surface area contributed by atoms with E-state index in [2.05, 4.69) is 5.43 Å². The van der Waals surface area contributed by atoms with Crippen molar-refractivity contribution in [3.05, 3.63) is 35.7 Å². The SMILES string of the molecule is [O-]N1Nc2cccc3ccn1c23. The van der Waals surface area contributed by atoms with Crippen LogP contribution in [-0.2, 0) is 0 Å². The van der Waals surface area contributed by atoms with Crippen LogP contribution in [0.4, 0.5) is 5.69 Å². The third-order valence-electron chi connectivity index (χ3n) is 2.10. The molecule has 2 aromatic rings. The van der Waals surface area contributed by atoms with Gasteiger partial charge >= 0.3 is 0 Å². The summed E-state index contributed by atoms with van der Waals surface area (Å²) in [6, 6.07) is 7.71. The molecular formula is C8H6N3O-. The number of hydrogen-bond donors (Lipinski definition) is 1. The van der Waals surface area contributed by atoms with Crippen LogP contribution in [0, 0.1) is 5.21 Å². The van der Waals surface area contributed by atoms with Gasteiger partial charge in [0.25, 0.3) is 0 Å². The standard InChI is InChI=1S/C8H6N3O/c12-11-9-7-3-1-2-6-4-5-10(11)8(6)7/h1-5,9H/q-1. The van der Waals surface area contributed by atoms with Crippen molar-refractivity contribution in [2.75, 3.05) is 10.7 Å². The zero-order valence-corrected chi connectivity index (χ0v) is 6.19. The second-order valence-corrected chi connectivity index (χ2v) is 2.79. The van der Waals surface area contributed by atoms with Gasteiger partial charge in [-0.3, -0.25) is 15.4 Å². The molecule has 0 fully saturated rings. The smallest absolute Gasteiger partial charge is 0.0954 e. The van der Waals surface area contributed by atoms with Crippen LogP contribution in [0.25, 0.3) is 10.9 Å². The van der Waals surface area contributed by atoms with E-state index in [4.69, 9.17) is 0 Å². The van der Waals surface area contributed by atoms with Gasteiger partial charge in [0.05, 0.1) is 11.2 Å². The maximum Gasteiger partial charge on any atom is 0.0954 e. The van der Waals surface area contributed by atoms with E-state index in [1.165, 1.54) is 0 Å². The second-order valence-electron chi connectivity index (χ2n) is 2.79. The normalized spacial score (nSPS) is 13.9. The van der Waals surface area contributed by atoms with Gasteiger partial charge in [-0.15, -0.1) is 0 Å². The van der Waals surface area contributed by atoms with E-state index in [-0.39, 0.29) is 0 Å². The highest BCUT2D eigenvalue weighted by Crippen LogP contribution is 2.28. The van der Waals surface area contributed by atoms with Gasteiger partial charge in [-0.2, -0.15) is 0 Å². The summed E-state index contributed by atoms with van der Waals surface area (Å²) in [6.45, 7) is 0. The van der Waals surface area contributed by atoms with Crippen molar-refractivity contribution in [2.45, 2.75) is 0 Å². The minimum Gasteiger partial charge on any atom is -0.723 e. The highest BCUT2D eigenvalue weighted by atomic mass is 16.6. The Morgan fingerprint density at radius 2 is 2.17 bits per heavy atom. The fraction of sp³-hybridized carbons (Fsp3) is 0. The molecule has 1 aliphatic heterocycles. The lowest BCUT2D eigenvalue weighted by Crippen LogP contribution is -2.27. The van der Waals surface area contributed by atoms with Crippen molar-refractivity contribution in [1.29, 1.82) is 0 Å². The second kappa shape index (κ2) is 1.73. The predicted octanol–water partition coefficient (Wildman–Crippen LogP) is 1.42. The van der Waals surface area contributed by atoms with Crippen molar-refractivity contribution in [3.63, 3.8) is 0 Å². The summed E-state index contributed by atoms with van der Waals surface area (Å²) in [5.41, 5.74) is 4.51. The van der Waals surface area contributed by atoms with Gasteiger partial charge < -0.3 is 5.21 Å². The molecule has 1 aromatic carbocycles. The van der Waals surface area contributed by atoms with Crippen molar-refractivity contribution in [1.82, 2.24) is 4.68 Å². The molecule has 0 saturated carbocycles. The summed E-state index contributed by atoms with van der Waals surface area (Å²) in [4.78, 5) is 0. The largest absolute Gasteiger partial charge is 0.723 e. The first-order valence-corrected chi connectivity index (χ1v) is 3.70. The van der Waals surface area contributed by atoms with Gasteiger partial charge in [-0.25, -0.2) is 0 Å². The van der Waals surface area contributed by atoms with Crippen LogP contribution in [0.2, 0.25) is 0 Å². The quantitative estimate of drug-likeness (QED) is 0.633. The molecule has 2 heterocycles. The van der Waals surface area contributed by atoms with Gasteiger partial charge in [0, 0.05) is 11.6 Å². The highest BCUT2D eigenvalue weighted by Gasteiger charge is 2.13. The Morgan fingerprint density at radius 1 is 1.25 bits per heavy atom. The molecule has 4 heteroatoms. The molecule has 0 radical (unpaired) electrons. The number of anilines is 1. The molecular weight excluding hydrogens is 154 g/mol. The molecule has 1 aliphatic rings. The summed E-state index contributed by atoms with van der Waals surface area (Å²) in [6.07, 6.45) is 1.75. The number of hydrazine groups is 1. The topological polar surface area (TPSA) is 43.3 Å². The number of hydrogen-bond acceptors (Lipinski definition) is 3. The van der Waals surface area contributed by atoms with Crippen LogP contribution >= 0.6 is 0 Å². The van der Waals surface area contributed by atoms with Crippen LogP contribution in [0.15, 0.2) is 30.5 Å². The molecule has 0 bridgehead atoms. The lowest BCUT2D eigenvalue weighted by atomic mass is 10.2. The van der Waals surface area contributed by atoms with Gasteiger partial charge in [0.2, 0.25) is 0 Å². The van der Waals surface area contributed by atoms with Gasteiger partial charge in [-0.1, -0.05) is 12.1 Å². The Bertz CT molecular complexity index is 448. The van der Waals surface area contributed by atoms with E-state index in [0.717, 1.165) is 21.9 Å². The molecule has 0 spiro atoms. The molecule has 0 amide bonds. The number of rotatable bonds is 0. The van der Waals surface area contributed by atoms with E-state index in [9.17, 15) is 5.21 Å². The average Bonchev–Trinajstić information content (AvgIpc) is 2.60. The van der Waals surface area contributed by atoms with Gasteiger partial charge in [0.15, 0.2) is 0 Å². The zero-order chi connectivity index (χ0) is 8.13. The first-order valence-electron chi connectivity index (χ1n) is 3.70. The molecule has 0 saturated heterocycles. The molecule has 60 valence electrons. The fourth-order valence-electron chi connectivity index (χ4n) is 1.58. The van der Waals surface area contributed by atoms with Crippen LogP contribution in [0.1, 0.15) is 0 Å². The van der Waals surface area contributed by atoms with E-state index >= 15 is 0 Å². The lowest BCUT2D eigenvalue weighted by molar-refractivity contribution is 0.823. The number of para-hydroxylation sites is 1.